The topological polar surface area (TPSA) is 40.5 Å². The van der Waals surface area contributed by atoms with Gasteiger partial charge in [0.1, 0.15) is 0 Å². The Kier molecular flexibility index (Phi) is 12.8. The molecule has 1 aliphatic carbocycles. The Morgan fingerprint density at radius 1 is 1.13 bits per heavy atom. The van der Waals surface area contributed by atoms with Crippen molar-refractivity contribution in [3.8, 4) is 0 Å². The molecule has 0 spiro atoms. The number of unbranched alkanes of at least 4 members (excludes halogenated alkanes) is 2. The number of thiophene rings is 1. The van der Waals surface area contributed by atoms with Crippen LogP contribution in [0.4, 0.5) is 0 Å². The standard InChI is InChI=1S/C26H36ClO2S.Y/c1-2-3-4-13-25(28)20-9-5-8-19(17-20)14-15-22-23(26(29)18-24(22)27)12-6-10-21-11-7-16-30-21;/h5,7-9,11,17,22-26,28-29H,2-4,6,10,12-15,18H2,1H3;/q-1;/t22-,23-,24?,25?,26?;/m1./s1. The van der Waals surface area contributed by atoms with Crippen molar-refractivity contribution in [3.05, 3.63) is 57.8 Å². The van der Waals surface area contributed by atoms with Crippen LogP contribution in [-0.2, 0) is 45.6 Å². The van der Waals surface area contributed by atoms with Gasteiger partial charge in [0.15, 0.2) is 0 Å². The van der Waals surface area contributed by atoms with Crippen LogP contribution in [0.5, 0.6) is 0 Å². The van der Waals surface area contributed by atoms with Crippen molar-refractivity contribution in [2.45, 2.75) is 88.7 Å². The maximum absolute atomic E-state index is 10.6. The largest absolute Gasteiger partial charge is 0.393 e. The molecule has 2 nitrogen and oxygen atoms in total. The number of hydrogen-bond donors (Lipinski definition) is 2. The van der Waals surface area contributed by atoms with Gasteiger partial charge in [-0.3, -0.25) is 0 Å². The van der Waals surface area contributed by atoms with Crippen LogP contribution in [0.15, 0.2) is 36.4 Å². The van der Waals surface area contributed by atoms with Crippen molar-refractivity contribution in [2.75, 3.05) is 0 Å². The number of hydrogen-bond acceptors (Lipinski definition) is 3. The smallest absolute Gasteiger partial charge is 0.0790 e. The van der Waals surface area contributed by atoms with E-state index in [1.807, 2.05) is 12.1 Å². The van der Waals surface area contributed by atoms with Crippen LogP contribution in [0.1, 0.15) is 80.4 Å². The predicted octanol–water partition coefficient (Wildman–Crippen LogP) is 6.72. The molecule has 1 saturated carbocycles. The third-order valence-electron chi connectivity index (χ3n) is 6.65. The van der Waals surface area contributed by atoms with Gasteiger partial charge in [0, 0.05) is 38.1 Å². The second kappa shape index (κ2) is 14.5. The average molecular weight is 537 g/mol. The van der Waals surface area contributed by atoms with Crippen LogP contribution in [0.3, 0.4) is 0 Å². The molecule has 1 aliphatic rings. The molecule has 5 heteroatoms. The van der Waals surface area contributed by atoms with Crippen LogP contribution < -0.4 is 0 Å². The van der Waals surface area contributed by atoms with E-state index in [1.54, 1.807) is 11.3 Å². The molecular formula is C26H36ClO2SY-. The molecule has 1 radical (unpaired) electrons. The number of alkyl halides is 1. The summed E-state index contributed by atoms with van der Waals surface area (Å²) in [6.45, 7) is 2.19. The fraction of sp³-hybridized carbons (Fsp3) is 0.615. The zero-order valence-corrected chi connectivity index (χ0v) is 23.1. The molecule has 1 fully saturated rings. The number of rotatable bonds is 12. The van der Waals surface area contributed by atoms with Gasteiger partial charge < -0.3 is 21.5 Å². The van der Waals surface area contributed by atoms with Crippen molar-refractivity contribution in [3.63, 3.8) is 0 Å². The van der Waals surface area contributed by atoms with Crippen molar-refractivity contribution < 1.29 is 42.9 Å². The maximum atomic E-state index is 10.6. The molecule has 2 aromatic rings. The molecule has 169 valence electrons. The molecule has 1 heterocycles. The van der Waals surface area contributed by atoms with Crippen molar-refractivity contribution in [1.82, 2.24) is 0 Å². The van der Waals surface area contributed by atoms with E-state index < -0.39 is 0 Å². The second-order valence-electron chi connectivity index (χ2n) is 8.85. The minimum absolute atomic E-state index is 0. The number of halogens is 1. The Morgan fingerprint density at radius 3 is 2.71 bits per heavy atom. The summed E-state index contributed by atoms with van der Waals surface area (Å²) in [6.07, 6.45) is 9.45. The van der Waals surface area contributed by atoms with E-state index in [0.717, 1.165) is 50.5 Å². The Labute approximate surface area is 222 Å². The maximum Gasteiger partial charge on any atom is 0.0790 e. The first-order valence-corrected chi connectivity index (χ1v) is 12.9. The van der Waals surface area contributed by atoms with Gasteiger partial charge in [0.25, 0.3) is 0 Å². The average Bonchev–Trinajstić information content (AvgIpc) is 3.35. The van der Waals surface area contributed by atoms with Crippen LogP contribution in [0, 0.1) is 17.2 Å². The summed E-state index contributed by atoms with van der Waals surface area (Å²) in [5.74, 6) is 0.647. The Hall–Kier alpha value is 0.234. The van der Waals surface area contributed by atoms with E-state index in [1.165, 1.54) is 23.3 Å². The molecule has 0 amide bonds. The summed E-state index contributed by atoms with van der Waals surface area (Å²) in [6, 6.07) is 12.5. The molecule has 0 aliphatic heterocycles. The molecule has 31 heavy (non-hydrogen) atoms. The Morgan fingerprint density at radius 2 is 1.97 bits per heavy atom. The zero-order chi connectivity index (χ0) is 21.3. The fourth-order valence-electron chi connectivity index (χ4n) is 4.90. The molecule has 0 bridgehead atoms. The summed E-state index contributed by atoms with van der Waals surface area (Å²) in [7, 11) is 0. The number of aliphatic hydroxyl groups is 2. The third-order valence-corrected chi connectivity index (χ3v) is 8.00. The minimum atomic E-state index is -0.368. The van der Waals surface area contributed by atoms with Gasteiger partial charge in [-0.05, 0) is 55.1 Å². The van der Waals surface area contributed by atoms with E-state index in [4.69, 9.17) is 11.6 Å². The van der Waals surface area contributed by atoms with Gasteiger partial charge in [-0.25, -0.2) is 6.07 Å². The molecular weight excluding hydrogens is 501 g/mol. The SMILES string of the molecule is CCCCCC(O)c1cccc(CC[C@H]2C(Cl)CC(O)[C@@H]2CCCc2cc[c-]s2)c1.[Y]. The van der Waals surface area contributed by atoms with Gasteiger partial charge in [-0.2, -0.15) is 6.07 Å². The van der Waals surface area contributed by atoms with E-state index in [2.05, 4.69) is 36.6 Å². The zero-order valence-electron chi connectivity index (χ0n) is 18.7. The van der Waals surface area contributed by atoms with Crippen molar-refractivity contribution >= 4 is 22.9 Å². The molecule has 1 aromatic carbocycles. The number of benzene rings is 1. The van der Waals surface area contributed by atoms with E-state index >= 15 is 0 Å². The number of aliphatic hydroxyl groups excluding tert-OH is 2. The van der Waals surface area contributed by atoms with Crippen LogP contribution in [0.2, 0.25) is 0 Å². The number of aryl methyl sites for hydroxylation is 2. The van der Waals surface area contributed by atoms with E-state index in [0.29, 0.717) is 18.3 Å². The van der Waals surface area contributed by atoms with Gasteiger partial charge in [0.05, 0.1) is 12.2 Å². The molecule has 0 saturated heterocycles. The molecule has 1 aromatic heterocycles. The quantitative estimate of drug-likeness (QED) is 0.180. The molecule has 5 atom stereocenters. The van der Waals surface area contributed by atoms with Gasteiger partial charge in [-0.15, -0.1) is 21.9 Å². The summed E-state index contributed by atoms with van der Waals surface area (Å²) < 4.78 is 0. The Balaban J connectivity index is 0.00000341. The first-order valence-electron chi connectivity index (χ1n) is 11.6. The van der Waals surface area contributed by atoms with Crippen LogP contribution in [0.25, 0.3) is 0 Å². The van der Waals surface area contributed by atoms with Crippen LogP contribution >= 0.6 is 22.9 Å². The first kappa shape index (κ1) is 27.5. The first-order chi connectivity index (χ1) is 14.6. The summed E-state index contributed by atoms with van der Waals surface area (Å²) in [5, 5.41) is 24.3. The second-order valence-corrected chi connectivity index (χ2v) is 10.4. The minimum Gasteiger partial charge on any atom is -0.393 e. The normalized spacial score (nSPS) is 24.1. The summed E-state index contributed by atoms with van der Waals surface area (Å²) in [4.78, 5) is 1.37. The van der Waals surface area contributed by atoms with Gasteiger partial charge in [-0.1, -0.05) is 63.3 Å². The van der Waals surface area contributed by atoms with Gasteiger partial charge >= 0.3 is 0 Å². The van der Waals surface area contributed by atoms with Crippen molar-refractivity contribution in [1.29, 1.82) is 0 Å². The predicted molar refractivity (Wildman–Crippen MR) is 127 cm³/mol. The Bertz CT molecular complexity index is 739. The summed E-state index contributed by atoms with van der Waals surface area (Å²) >= 11 is 8.35. The van der Waals surface area contributed by atoms with E-state index in [9.17, 15) is 10.2 Å². The molecule has 2 N–H and O–H groups in total. The molecule has 3 rings (SSSR count). The fourth-order valence-corrected chi connectivity index (χ4v) is 6.06. The summed E-state index contributed by atoms with van der Waals surface area (Å²) in [5.41, 5.74) is 2.29. The van der Waals surface area contributed by atoms with E-state index in [-0.39, 0.29) is 50.3 Å². The van der Waals surface area contributed by atoms with Crippen molar-refractivity contribution in [2.24, 2.45) is 11.8 Å². The monoisotopic (exact) mass is 536 g/mol. The molecule has 3 unspecified atom stereocenters. The van der Waals surface area contributed by atoms with Gasteiger partial charge in [0.2, 0.25) is 0 Å². The third kappa shape index (κ3) is 8.50. The van der Waals surface area contributed by atoms with Crippen LogP contribution in [-0.4, -0.2) is 21.7 Å².